The molecule has 0 saturated heterocycles. The molecule has 3 N–H and O–H groups in total. The maximum atomic E-state index is 13.7. The highest BCUT2D eigenvalue weighted by molar-refractivity contribution is 9.10. The lowest BCUT2D eigenvalue weighted by Gasteiger charge is -2.09. The first-order valence-corrected chi connectivity index (χ1v) is 8.42. The molecule has 0 aromatic heterocycles. The van der Waals surface area contributed by atoms with Gasteiger partial charge in [0.15, 0.2) is 0 Å². The van der Waals surface area contributed by atoms with Gasteiger partial charge in [-0.25, -0.2) is 17.5 Å². The lowest BCUT2D eigenvalue weighted by molar-refractivity contribution is 0.556. The fourth-order valence-corrected chi connectivity index (χ4v) is 3.37. The molecule has 0 atom stereocenters. The molecule has 0 radical (unpaired) electrons. The number of benzene rings is 2. The fourth-order valence-electron chi connectivity index (χ4n) is 1.78. The van der Waals surface area contributed by atoms with E-state index in [-0.39, 0.29) is 18.0 Å². The molecule has 4 nitrogen and oxygen atoms in total. The average Bonchev–Trinajstić information content (AvgIpc) is 2.46. The normalized spacial score (nSPS) is 11.6. The van der Waals surface area contributed by atoms with E-state index < -0.39 is 15.8 Å². The minimum atomic E-state index is -3.93. The summed E-state index contributed by atoms with van der Waals surface area (Å²) < 4.78 is 41.3. The van der Waals surface area contributed by atoms with Crippen molar-refractivity contribution in [2.24, 2.45) is 5.73 Å². The van der Waals surface area contributed by atoms with Crippen molar-refractivity contribution in [3.63, 3.8) is 0 Å². The van der Waals surface area contributed by atoms with Crippen LogP contribution in [-0.4, -0.2) is 8.42 Å². The smallest absolute Gasteiger partial charge is 0.243 e. The molecule has 0 spiro atoms. The van der Waals surface area contributed by atoms with Gasteiger partial charge in [-0.15, -0.1) is 0 Å². The summed E-state index contributed by atoms with van der Waals surface area (Å²) in [4.78, 5) is -0.388. The van der Waals surface area contributed by atoms with E-state index in [0.717, 1.165) is 16.1 Å². The first kappa shape index (κ1) is 16.1. The lowest BCUT2D eigenvalue weighted by Crippen LogP contribution is -2.24. The molecule has 2 rings (SSSR count). The minimum Gasteiger partial charge on any atom is -0.326 e. The van der Waals surface area contributed by atoms with Gasteiger partial charge in [-0.3, -0.25) is 0 Å². The molecular formula is C14H14BrFN2O2S. The zero-order valence-electron chi connectivity index (χ0n) is 11.0. The highest BCUT2D eigenvalue weighted by Crippen LogP contribution is 2.17. The lowest BCUT2D eigenvalue weighted by atomic mass is 10.2. The Bertz CT molecular complexity index is 750. The zero-order valence-corrected chi connectivity index (χ0v) is 13.4. The Kier molecular flexibility index (Phi) is 5.10. The van der Waals surface area contributed by atoms with Crippen LogP contribution in [0.3, 0.4) is 0 Å². The topological polar surface area (TPSA) is 72.2 Å². The minimum absolute atomic E-state index is 0.0774. The van der Waals surface area contributed by atoms with Gasteiger partial charge in [0.1, 0.15) is 10.7 Å². The molecule has 0 unspecified atom stereocenters. The number of hydrogen-bond donors (Lipinski definition) is 2. The zero-order chi connectivity index (χ0) is 15.5. The number of hydrogen-bond acceptors (Lipinski definition) is 3. The Morgan fingerprint density at radius 3 is 2.57 bits per heavy atom. The van der Waals surface area contributed by atoms with E-state index in [1.165, 1.54) is 12.1 Å². The van der Waals surface area contributed by atoms with Crippen molar-refractivity contribution in [3.05, 3.63) is 63.9 Å². The molecule has 7 heteroatoms. The van der Waals surface area contributed by atoms with Crippen LogP contribution in [0.1, 0.15) is 11.1 Å². The summed E-state index contributed by atoms with van der Waals surface area (Å²) in [5, 5.41) is 0. The van der Waals surface area contributed by atoms with Crippen LogP contribution in [0.15, 0.2) is 51.8 Å². The summed E-state index contributed by atoms with van der Waals surface area (Å²) >= 11 is 3.31. The Labute approximate surface area is 131 Å². The standard InChI is InChI=1S/C14H14BrFN2O2S/c15-12-3-1-2-11(6-12)9-18-21(19,20)14-7-10(8-17)4-5-13(14)16/h1-7,18H,8-9,17H2. The first-order valence-electron chi connectivity index (χ1n) is 6.15. The van der Waals surface area contributed by atoms with Crippen molar-refractivity contribution in [3.8, 4) is 0 Å². The van der Waals surface area contributed by atoms with Gasteiger partial charge in [0.05, 0.1) is 0 Å². The van der Waals surface area contributed by atoms with E-state index in [2.05, 4.69) is 20.7 Å². The van der Waals surface area contributed by atoms with Crippen molar-refractivity contribution in [2.75, 3.05) is 0 Å². The SMILES string of the molecule is NCc1ccc(F)c(S(=O)(=O)NCc2cccc(Br)c2)c1. The van der Waals surface area contributed by atoms with Crippen LogP contribution in [0, 0.1) is 5.82 Å². The molecule has 21 heavy (non-hydrogen) atoms. The van der Waals surface area contributed by atoms with Crippen LogP contribution in [0.5, 0.6) is 0 Å². The van der Waals surface area contributed by atoms with E-state index in [9.17, 15) is 12.8 Å². The monoisotopic (exact) mass is 372 g/mol. The number of sulfonamides is 1. The molecule has 0 aliphatic heterocycles. The molecule has 0 aliphatic carbocycles. The average molecular weight is 373 g/mol. The molecule has 2 aromatic carbocycles. The van der Waals surface area contributed by atoms with Gasteiger partial charge in [0.25, 0.3) is 0 Å². The quantitative estimate of drug-likeness (QED) is 0.846. The number of nitrogens with two attached hydrogens (primary N) is 1. The number of rotatable bonds is 5. The van der Waals surface area contributed by atoms with Gasteiger partial charge in [0.2, 0.25) is 10.0 Å². The molecule has 0 amide bonds. The summed E-state index contributed by atoms with van der Waals surface area (Å²) in [6.45, 7) is 0.225. The predicted octanol–water partition coefficient (Wildman–Crippen LogP) is 2.53. The Balaban J connectivity index is 2.22. The largest absolute Gasteiger partial charge is 0.326 e. The van der Waals surface area contributed by atoms with Crippen LogP contribution in [0.2, 0.25) is 0 Å². The second kappa shape index (κ2) is 6.65. The third kappa shape index (κ3) is 4.10. The summed E-state index contributed by atoms with van der Waals surface area (Å²) in [6.07, 6.45) is 0. The molecule has 0 saturated carbocycles. The van der Waals surface area contributed by atoms with Crippen LogP contribution < -0.4 is 10.5 Å². The molecule has 112 valence electrons. The molecule has 0 fully saturated rings. The summed E-state index contributed by atoms with van der Waals surface area (Å²) in [5.74, 6) is -0.797. The number of nitrogens with one attached hydrogen (secondary N) is 1. The van der Waals surface area contributed by atoms with Crippen LogP contribution in [-0.2, 0) is 23.1 Å². The Morgan fingerprint density at radius 1 is 1.14 bits per heavy atom. The molecule has 0 heterocycles. The third-order valence-corrected chi connectivity index (χ3v) is 4.79. The van der Waals surface area contributed by atoms with Gasteiger partial charge in [-0.05, 0) is 35.4 Å². The summed E-state index contributed by atoms with van der Waals surface area (Å²) in [5.41, 5.74) is 6.77. The number of halogens is 2. The molecule has 2 aromatic rings. The predicted molar refractivity (Wildman–Crippen MR) is 82.5 cm³/mol. The van der Waals surface area contributed by atoms with Gasteiger partial charge >= 0.3 is 0 Å². The fraction of sp³-hybridized carbons (Fsp3) is 0.143. The van der Waals surface area contributed by atoms with Gasteiger partial charge in [-0.2, -0.15) is 0 Å². The molecule has 0 bridgehead atoms. The maximum Gasteiger partial charge on any atom is 0.243 e. The Hall–Kier alpha value is -1.28. The Morgan fingerprint density at radius 2 is 1.90 bits per heavy atom. The van der Waals surface area contributed by atoms with E-state index in [1.807, 2.05) is 6.07 Å². The van der Waals surface area contributed by atoms with E-state index in [1.54, 1.807) is 18.2 Å². The second-order valence-corrected chi connectivity index (χ2v) is 7.07. The van der Waals surface area contributed by atoms with Crippen molar-refractivity contribution >= 4 is 26.0 Å². The van der Waals surface area contributed by atoms with Crippen molar-refractivity contribution in [1.29, 1.82) is 0 Å². The highest BCUT2D eigenvalue weighted by Gasteiger charge is 2.19. The van der Waals surface area contributed by atoms with Crippen LogP contribution in [0.25, 0.3) is 0 Å². The van der Waals surface area contributed by atoms with Crippen LogP contribution in [0.4, 0.5) is 4.39 Å². The maximum absolute atomic E-state index is 13.7. The second-order valence-electron chi connectivity index (χ2n) is 4.42. The van der Waals surface area contributed by atoms with Crippen molar-refractivity contribution in [2.45, 2.75) is 18.0 Å². The van der Waals surface area contributed by atoms with Crippen molar-refractivity contribution < 1.29 is 12.8 Å². The first-order chi connectivity index (χ1) is 9.92. The highest BCUT2D eigenvalue weighted by atomic mass is 79.9. The summed E-state index contributed by atoms with van der Waals surface area (Å²) in [7, 11) is -3.93. The van der Waals surface area contributed by atoms with E-state index >= 15 is 0 Å². The third-order valence-electron chi connectivity index (χ3n) is 2.88. The molecular weight excluding hydrogens is 359 g/mol. The van der Waals surface area contributed by atoms with Gasteiger partial charge < -0.3 is 5.73 Å². The van der Waals surface area contributed by atoms with Gasteiger partial charge in [0, 0.05) is 17.6 Å². The molecule has 0 aliphatic rings. The van der Waals surface area contributed by atoms with Crippen LogP contribution >= 0.6 is 15.9 Å². The summed E-state index contributed by atoms with van der Waals surface area (Å²) in [6, 6.07) is 11.0. The van der Waals surface area contributed by atoms with E-state index in [0.29, 0.717) is 5.56 Å². The van der Waals surface area contributed by atoms with E-state index in [4.69, 9.17) is 5.73 Å². The van der Waals surface area contributed by atoms with Crippen molar-refractivity contribution in [1.82, 2.24) is 4.72 Å². The van der Waals surface area contributed by atoms with Gasteiger partial charge in [-0.1, -0.05) is 34.1 Å².